The smallest absolute Gasteiger partial charge is 0.119 e. The zero-order chi connectivity index (χ0) is 13.2. The van der Waals surface area contributed by atoms with E-state index in [1.54, 1.807) is 14.2 Å². The standard InChI is InChI=1S/C13H20BrNO3/c1-16-10-13(17-2)9-15-7-8-18-12-5-3-11(14)4-6-12/h3-6,13,15H,7-10H2,1-2H3. The number of nitrogens with one attached hydrogen (secondary N) is 1. The fraction of sp³-hybridized carbons (Fsp3) is 0.538. The Labute approximate surface area is 117 Å². The van der Waals surface area contributed by atoms with Gasteiger partial charge in [-0.1, -0.05) is 15.9 Å². The Kier molecular flexibility index (Phi) is 8.00. The van der Waals surface area contributed by atoms with E-state index in [9.17, 15) is 0 Å². The zero-order valence-electron chi connectivity index (χ0n) is 10.8. The Balaban J connectivity index is 2.09. The molecule has 0 bridgehead atoms. The van der Waals surface area contributed by atoms with Crippen molar-refractivity contribution in [2.75, 3.05) is 40.5 Å². The molecule has 1 rings (SSSR count). The minimum absolute atomic E-state index is 0.0858. The van der Waals surface area contributed by atoms with E-state index in [1.165, 1.54) is 0 Å². The molecule has 1 aromatic carbocycles. The fourth-order valence-corrected chi connectivity index (χ4v) is 1.70. The molecule has 5 heteroatoms. The van der Waals surface area contributed by atoms with Gasteiger partial charge in [-0.25, -0.2) is 0 Å². The highest BCUT2D eigenvalue weighted by atomic mass is 79.9. The zero-order valence-corrected chi connectivity index (χ0v) is 12.4. The highest BCUT2D eigenvalue weighted by molar-refractivity contribution is 9.10. The SMILES string of the molecule is COCC(CNCCOc1ccc(Br)cc1)OC. The van der Waals surface area contributed by atoms with Crippen molar-refractivity contribution >= 4 is 15.9 Å². The van der Waals surface area contributed by atoms with Gasteiger partial charge in [-0.05, 0) is 24.3 Å². The van der Waals surface area contributed by atoms with Crippen LogP contribution in [0.1, 0.15) is 0 Å². The molecular formula is C13H20BrNO3. The Morgan fingerprint density at radius 2 is 1.94 bits per heavy atom. The molecule has 0 radical (unpaired) electrons. The quantitative estimate of drug-likeness (QED) is 0.708. The van der Waals surface area contributed by atoms with Gasteiger partial charge in [0.05, 0.1) is 12.7 Å². The minimum atomic E-state index is 0.0858. The van der Waals surface area contributed by atoms with Crippen molar-refractivity contribution in [1.29, 1.82) is 0 Å². The van der Waals surface area contributed by atoms with Gasteiger partial charge in [0.25, 0.3) is 0 Å². The van der Waals surface area contributed by atoms with Crippen LogP contribution in [0.5, 0.6) is 5.75 Å². The van der Waals surface area contributed by atoms with Crippen LogP contribution in [0.3, 0.4) is 0 Å². The van der Waals surface area contributed by atoms with Crippen LogP contribution in [0.4, 0.5) is 0 Å². The second-order valence-electron chi connectivity index (χ2n) is 3.82. The van der Waals surface area contributed by atoms with Crippen molar-refractivity contribution in [3.8, 4) is 5.75 Å². The molecular weight excluding hydrogens is 298 g/mol. The highest BCUT2D eigenvalue weighted by Gasteiger charge is 2.05. The molecule has 102 valence electrons. The Hall–Kier alpha value is -0.620. The summed E-state index contributed by atoms with van der Waals surface area (Å²) in [5.74, 6) is 0.875. The Morgan fingerprint density at radius 1 is 1.22 bits per heavy atom. The van der Waals surface area contributed by atoms with Crippen molar-refractivity contribution in [2.45, 2.75) is 6.10 Å². The first-order chi connectivity index (χ1) is 8.76. The van der Waals surface area contributed by atoms with E-state index >= 15 is 0 Å². The first-order valence-corrected chi connectivity index (χ1v) is 6.66. The number of methoxy groups -OCH3 is 2. The summed E-state index contributed by atoms with van der Waals surface area (Å²) >= 11 is 3.38. The van der Waals surface area contributed by atoms with Crippen LogP contribution in [-0.4, -0.2) is 46.6 Å². The van der Waals surface area contributed by atoms with Crippen LogP contribution in [0.2, 0.25) is 0 Å². The van der Waals surface area contributed by atoms with Crippen molar-refractivity contribution < 1.29 is 14.2 Å². The summed E-state index contributed by atoms with van der Waals surface area (Å²) in [6.07, 6.45) is 0.0858. The number of hydrogen-bond donors (Lipinski definition) is 1. The van der Waals surface area contributed by atoms with Gasteiger partial charge in [0.2, 0.25) is 0 Å². The normalized spacial score (nSPS) is 12.4. The van der Waals surface area contributed by atoms with Crippen LogP contribution >= 0.6 is 15.9 Å². The predicted octanol–water partition coefficient (Wildman–Crippen LogP) is 2.08. The molecule has 0 amide bonds. The summed E-state index contributed by atoms with van der Waals surface area (Å²) in [5.41, 5.74) is 0. The monoisotopic (exact) mass is 317 g/mol. The first-order valence-electron chi connectivity index (χ1n) is 5.87. The van der Waals surface area contributed by atoms with Gasteiger partial charge in [0.1, 0.15) is 12.4 Å². The summed E-state index contributed by atoms with van der Waals surface area (Å²) in [6.45, 7) is 2.76. The van der Waals surface area contributed by atoms with Gasteiger partial charge in [-0.3, -0.25) is 0 Å². The number of hydrogen-bond acceptors (Lipinski definition) is 4. The van der Waals surface area contributed by atoms with Crippen LogP contribution in [-0.2, 0) is 9.47 Å². The van der Waals surface area contributed by atoms with E-state index < -0.39 is 0 Å². The maximum atomic E-state index is 5.58. The maximum Gasteiger partial charge on any atom is 0.119 e. The molecule has 4 nitrogen and oxygen atoms in total. The summed E-state index contributed by atoms with van der Waals surface area (Å²) in [4.78, 5) is 0. The van der Waals surface area contributed by atoms with E-state index in [0.29, 0.717) is 13.2 Å². The number of benzene rings is 1. The summed E-state index contributed by atoms with van der Waals surface area (Å²) in [5, 5.41) is 3.26. The second kappa shape index (κ2) is 9.33. The topological polar surface area (TPSA) is 39.7 Å². The summed E-state index contributed by atoms with van der Waals surface area (Å²) < 4.78 is 16.9. The van der Waals surface area contributed by atoms with E-state index in [0.717, 1.165) is 23.3 Å². The molecule has 0 heterocycles. The summed E-state index contributed by atoms with van der Waals surface area (Å²) in [7, 11) is 3.35. The molecule has 0 aromatic heterocycles. The molecule has 1 N–H and O–H groups in total. The lowest BCUT2D eigenvalue weighted by Gasteiger charge is -2.15. The Bertz CT molecular complexity index is 319. The van der Waals surface area contributed by atoms with Gasteiger partial charge in [-0.15, -0.1) is 0 Å². The third-order valence-corrected chi connectivity index (χ3v) is 2.95. The number of rotatable bonds is 9. The van der Waals surface area contributed by atoms with Gasteiger partial charge in [0.15, 0.2) is 0 Å². The molecule has 0 saturated heterocycles. The molecule has 0 aliphatic rings. The van der Waals surface area contributed by atoms with Crippen LogP contribution in [0.25, 0.3) is 0 Å². The highest BCUT2D eigenvalue weighted by Crippen LogP contribution is 2.15. The molecule has 1 aromatic rings. The van der Waals surface area contributed by atoms with Crippen molar-refractivity contribution in [3.63, 3.8) is 0 Å². The van der Waals surface area contributed by atoms with Crippen LogP contribution in [0, 0.1) is 0 Å². The van der Waals surface area contributed by atoms with Crippen molar-refractivity contribution in [2.24, 2.45) is 0 Å². The van der Waals surface area contributed by atoms with Crippen molar-refractivity contribution in [3.05, 3.63) is 28.7 Å². The lowest BCUT2D eigenvalue weighted by Crippen LogP contribution is -2.34. The summed E-state index contributed by atoms with van der Waals surface area (Å²) in [6, 6.07) is 7.80. The molecule has 18 heavy (non-hydrogen) atoms. The van der Waals surface area contributed by atoms with Gasteiger partial charge < -0.3 is 19.5 Å². The Morgan fingerprint density at radius 3 is 2.56 bits per heavy atom. The third-order valence-electron chi connectivity index (χ3n) is 2.42. The second-order valence-corrected chi connectivity index (χ2v) is 4.74. The molecule has 1 atom stereocenters. The van der Waals surface area contributed by atoms with Gasteiger partial charge in [-0.2, -0.15) is 0 Å². The largest absolute Gasteiger partial charge is 0.492 e. The minimum Gasteiger partial charge on any atom is -0.492 e. The van der Waals surface area contributed by atoms with E-state index in [2.05, 4.69) is 21.2 Å². The van der Waals surface area contributed by atoms with Crippen LogP contribution < -0.4 is 10.1 Å². The number of halogens is 1. The van der Waals surface area contributed by atoms with Crippen molar-refractivity contribution in [1.82, 2.24) is 5.32 Å². The fourth-order valence-electron chi connectivity index (χ4n) is 1.43. The first kappa shape index (κ1) is 15.4. The molecule has 0 spiro atoms. The van der Waals surface area contributed by atoms with Gasteiger partial charge in [0, 0.05) is 31.8 Å². The third kappa shape index (κ3) is 6.35. The van der Waals surface area contributed by atoms with Crippen LogP contribution in [0.15, 0.2) is 28.7 Å². The molecule has 0 fully saturated rings. The average Bonchev–Trinajstić information content (AvgIpc) is 2.39. The molecule has 0 aliphatic carbocycles. The average molecular weight is 318 g/mol. The predicted molar refractivity (Wildman–Crippen MR) is 75.2 cm³/mol. The lowest BCUT2D eigenvalue weighted by molar-refractivity contribution is 0.0286. The maximum absolute atomic E-state index is 5.58. The molecule has 1 unspecified atom stereocenters. The van der Waals surface area contributed by atoms with E-state index in [1.807, 2.05) is 24.3 Å². The molecule has 0 saturated carbocycles. The lowest BCUT2D eigenvalue weighted by atomic mass is 10.3. The van der Waals surface area contributed by atoms with E-state index in [4.69, 9.17) is 14.2 Å². The van der Waals surface area contributed by atoms with E-state index in [-0.39, 0.29) is 6.10 Å². The van der Waals surface area contributed by atoms with Gasteiger partial charge >= 0.3 is 0 Å². The molecule has 0 aliphatic heterocycles. The number of ether oxygens (including phenoxy) is 3.